The normalized spacial score (nSPS) is 19.3. The first-order valence-electron chi connectivity index (χ1n) is 3.91. The molecule has 0 aromatic carbocycles. The van der Waals surface area contributed by atoms with E-state index < -0.39 is 0 Å². The van der Waals surface area contributed by atoms with Crippen LogP contribution in [0.5, 0.6) is 0 Å². The van der Waals surface area contributed by atoms with Crippen LogP contribution in [0.3, 0.4) is 0 Å². The van der Waals surface area contributed by atoms with Crippen LogP contribution in [0.25, 0.3) is 0 Å². The highest BCUT2D eigenvalue weighted by Gasteiger charge is 2.19. The van der Waals surface area contributed by atoms with Crippen molar-refractivity contribution in [2.24, 2.45) is 0 Å². The topological polar surface area (TPSA) is 28.7 Å². The summed E-state index contributed by atoms with van der Waals surface area (Å²) in [5.74, 6) is 1.79. The van der Waals surface area contributed by atoms with E-state index >= 15 is 0 Å². The summed E-state index contributed by atoms with van der Waals surface area (Å²) in [4.78, 5) is 4.27. The molecule has 1 N–H and O–H groups in total. The number of nitrogens with one attached hydrogen (secondary N) is 1. The fourth-order valence-electron chi connectivity index (χ4n) is 1.61. The van der Waals surface area contributed by atoms with Crippen LogP contribution in [0.1, 0.15) is 37.4 Å². The predicted molar refractivity (Wildman–Crippen MR) is 48.5 cm³/mol. The summed E-state index contributed by atoms with van der Waals surface area (Å²) >= 11 is 6.41. The van der Waals surface area contributed by atoms with Crippen molar-refractivity contribution >= 4 is 23.8 Å². The summed E-state index contributed by atoms with van der Waals surface area (Å²) in [5.41, 5.74) is 0. The molecular weight excluding hydrogens is 176 g/mol. The third-order valence-electron chi connectivity index (χ3n) is 2.20. The number of H-pyrrole nitrogens is 1. The number of aromatic amines is 1. The minimum atomic E-state index is 0.669. The van der Waals surface area contributed by atoms with Crippen LogP contribution in [0.15, 0.2) is 0 Å². The fourth-order valence-corrected chi connectivity index (χ4v) is 2.39. The fraction of sp³-hybridized carbons (Fsp3) is 0.714. The van der Waals surface area contributed by atoms with Crippen LogP contribution in [-0.4, -0.2) is 9.36 Å². The molecule has 0 radical (unpaired) electrons. The molecule has 0 bridgehead atoms. The van der Waals surface area contributed by atoms with Gasteiger partial charge in [-0.15, -0.1) is 0 Å². The Morgan fingerprint density at radius 1 is 1.45 bits per heavy atom. The van der Waals surface area contributed by atoms with Crippen molar-refractivity contribution in [3.63, 3.8) is 0 Å². The van der Waals surface area contributed by atoms with Crippen molar-refractivity contribution in [2.45, 2.75) is 31.6 Å². The Balaban J connectivity index is 2.21. The molecule has 2 rings (SSSR count). The molecule has 1 saturated carbocycles. The van der Waals surface area contributed by atoms with Crippen molar-refractivity contribution in [1.82, 2.24) is 9.36 Å². The largest absolute Gasteiger partial charge is 0.296 e. The van der Waals surface area contributed by atoms with E-state index in [1.165, 1.54) is 37.2 Å². The van der Waals surface area contributed by atoms with Crippen LogP contribution >= 0.6 is 23.8 Å². The molecule has 0 atom stereocenters. The second-order valence-corrected chi connectivity index (χ2v) is 4.39. The smallest absolute Gasteiger partial charge is 0.198 e. The highest BCUT2D eigenvalue weighted by Crippen LogP contribution is 2.32. The molecule has 1 aromatic rings. The average Bonchev–Trinajstić information content (AvgIpc) is 2.55. The predicted octanol–water partition coefficient (Wildman–Crippen LogP) is 2.86. The second kappa shape index (κ2) is 3.03. The Hall–Kier alpha value is -0.220. The minimum Gasteiger partial charge on any atom is -0.296 e. The maximum absolute atomic E-state index is 4.94. The summed E-state index contributed by atoms with van der Waals surface area (Å²) in [5, 5.41) is 0. The first-order chi connectivity index (χ1) is 5.36. The lowest BCUT2D eigenvalue weighted by atomic mass is 10.1. The zero-order chi connectivity index (χ0) is 7.68. The summed E-state index contributed by atoms with van der Waals surface area (Å²) in [7, 11) is 0. The lowest BCUT2D eigenvalue weighted by Crippen LogP contribution is -1.93. The number of aromatic nitrogens is 2. The molecule has 0 saturated heterocycles. The Labute approximate surface area is 74.8 Å². The molecule has 0 unspecified atom stereocenters. The Kier molecular flexibility index (Phi) is 2.05. The van der Waals surface area contributed by atoms with Gasteiger partial charge >= 0.3 is 0 Å². The molecule has 1 aliphatic carbocycles. The maximum Gasteiger partial charge on any atom is 0.198 e. The van der Waals surface area contributed by atoms with Crippen molar-refractivity contribution in [2.75, 3.05) is 0 Å². The van der Waals surface area contributed by atoms with Crippen LogP contribution in [0, 0.1) is 3.95 Å². The van der Waals surface area contributed by atoms with Gasteiger partial charge in [-0.2, -0.15) is 0 Å². The number of nitrogens with zero attached hydrogens (tertiary/aromatic N) is 1. The van der Waals surface area contributed by atoms with Crippen LogP contribution in [-0.2, 0) is 0 Å². The highest BCUT2D eigenvalue weighted by atomic mass is 32.2. The van der Waals surface area contributed by atoms with Crippen LogP contribution in [0.4, 0.5) is 0 Å². The first kappa shape index (κ1) is 7.43. The third kappa shape index (κ3) is 1.51. The Bertz CT molecular complexity index is 283. The summed E-state index contributed by atoms with van der Waals surface area (Å²) in [6.07, 6.45) is 5.27. The van der Waals surface area contributed by atoms with Gasteiger partial charge in [-0.3, -0.25) is 4.37 Å². The molecule has 1 aromatic heterocycles. The molecule has 0 amide bonds. The monoisotopic (exact) mass is 186 g/mol. The van der Waals surface area contributed by atoms with Crippen molar-refractivity contribution < 1.29 is 0 Å². The summed E-state index contributed by atoms with van der Waals surface area (Å²) in [6, 6.07) is 0. The molecule has 60 valence electrons. The van der Waals surface area contributed by atoms with Crippen molar-refractivity contribution in [3.8, 4) is 0 Å². The van der Waals surface area contributed by atoms with E-state index in [1.54, 1.807) is 0 Å². The van der Waals surface area contributed by atoms with Crippen molar-refractivity contribution in [3.05, 3.63) is 9.78 Å². The maximum atomic E-state index is 4.94. The second-order valence-electron chi connectivity index (χ2n) is 2.95. The molecular formula is C7H10N2S2. The lowest BCUT2D eigenvalue weighted by Gasteiger charge is -2.01. The van der Waals surface area contributed by atoms with Gasteiger partial charge in [-0.05, 0) is 36.6 Å². The molecule has 4 heteroatoms. The minimum absolute atomic E-state index is 0.669. The lowest BCUT2D eigenvalue weighted by molar-refractivity contribution is 0.680. The van der Waals surface area contributed by atoms with Gasteiger partial charge in [-0.1, -0.05) is 12.8 Å². The van der Waals surface area contributed by atoms with Crippen LogP contribution < -0.4 is 0 Å². The van der Waals surface area contributed by atoms with E-state index in [0.29, 0.717) is 5.92 Å². The molecule has 11 heavy (non-hydrogen) atoms. The van der Waals surface area contributed by atoms with Gasteiger partial charge in [0.2, 0.25) is 0 Å². The molecule has 0 spiro atoms. The first-order valence-corrected chi connectivity index (χ1v) is 5.14. The van der Waals surface area contributed by atoms with E-state index in [-0.39, 0.29) is 0 Å². The average molecular weight is 186 g/mol. The van der Waals surface area contributed by atoms with Gasteiger partial charge in [-0.25, -0.2) is 4.98 Å². The standard InChI is InChI=1S/C7H10N2S2/c10-7-8-6(9-11-7)5-3-1-2-4-5/h5H,1-4H2,(H,8,9,10). The molecule has 0 aliphatic heterocycles. The van der Waals surface area contributed by atoms with E-state index in [0.717, 1.165) is 9.78 Å². The van der Waals surface area contributed by atoms with E-state index in [2.05, 4.69) is 9.36 Å². The zero-order valence-corrected chi connectivity index (χ0v) is 7.80. The van der Waals surface area contributed by atoms with Crippen molar-refractivity contribution in [1.29, 1.82) is 0 Å². The summed E-state index contributed by atoms with van der Waals surface area (Å²) in [6.45, 7) is 0. The number of hydrogen-bond donors (Lipinski definition) is 1. The molecule has 2 nitrogen and oxygen atoms in total. The van der Waals surface area contributed by atoms with Gasteiger partial charge in [0.1, 0.15) is 5.82 Å². The van der Waals surface area contributed by atoms with Crippen LogP contribution in [0.2, 0.25) is 0 Å². The van der Waals surface area contributed by atoms with Gasteiger partial charge in [0.05, 0.1) is 0 Å². The van der Waals surface area contributed by atoms with Gasteiger partial charge in [0.15, 0.2) is 3.95 Å². The van der Waals surface area contributed by atoms with Gasteiger partial charge in [0, 0.05) is 5.92 Å². The highest BCUT2D eigenvalue weighted by molar-refractivity contribution is 7.73. The quantitative estimate of drug-likeness (QED) is 0.683. The van der Waals surface area contributed by atoms with Gasteiger partial charge < -0.3 is 0 Å². The van der Waals surface area contributed by atoms with E-state index in [9.17, 15) is 0 Å². The SMILES string of the molecule is S=c1nc(C2CCCC2)[nH]s1. The number of hydrogen-bond acceptors (Lipinski definition) is 3. The van der Waals surface area contributed by atoms with E-state index in [1.807, 2.05) is 0 Å². The Morgan fingerprint density at radius 3 is 2.73 bits per heavy atom. The number of rotatable bonds is 1. The van der Waals surface area contributed by atoms with E-state index in [4.69, 9.17) is 12.2 Å². The molecule has 1 aliphatic rings. The molecule has 1 heterocycles. The zero-order valence-electron chi connectivity index (χ0n) is 6.17. The van der Waals surface area contributed by atoms with Gasteiger partial charge in [0.25, 0.3) is 0 Å². The molecule has 1 fully saturated rings. The Morgan fingerprint density at radius 2 is 2.18 bits per heavy atom. The third-order valence-corrected chi connectivity index (χ3v) is 3.11. The summed E-state index contributed by atoms with van der Waals surface area (Å²) < 4.78 is 3.92.